The van der Waals surface area contributed by atoms with Crippen LogP contribution >= 0.6 is 0 Å². The lowest BCUT2D eigenvalue weighted by molar-refractivity contribution is -0.376. The molecule has 2 heterocycles. The van der Waals surface area contributed by atoms with Crippen LogP contribution in [0, 0.1) is 0 Å². The van der Waals surface area contributed by atoms with Crippen molar-refractivity contribution in [3.63, 3.8) is 0 Å². The lowest BCUT2D eigenvalue weighted by Crippen LogP contribution is -2.64. The third kappa shape index (κ3) is 10.2. The number of benzene rings is 2. The first-order valence-corrected chi connectivity index (χ1v) is 16.7. The van der Waals surface area contributed by atoms with Crippen LogP contribution in [0.2, 0.25) is 0 Å². The van der Waals surface area contributed by atoms with Gasteiger partial charge in [0.2, 0.25) is 0 Å². The van der Waals surface area contributed by atoms with Gasteiger partial charge in [-0.2, -0.15) is 0 Å². The second-order valence-electron chi connectivity index (χ2n) is 12.1. The van der Waals surface area contributed by atoms with Crippen LogP contribution in [0.1, 0.15) is 60.2 Å². The topological polar surface area (TPSA) is 261 Å². The van der Waals surface area contributed by atoms with Crippen molar-refractivity contribution in [1.82, 2.24) is 0 Å². The predicted molar refractivity (Wildman–Crippen MR) is 172 cm³/mol. The number of phenolic OH excluding ortho intramolecular Hbond substituents is 2. The van der Waals surface area contributed by atoms with E-state index in [0.717, 1.165) is 25.7 Å². The lowest BCUT2D eigenvalue weighted by Gasteiger charge is -2.44. The highest BCUT2D eigenvalue weighted by Crippen LogP contribution is 2.30. The van der Waals surface area contributed by atoms with E-state index in [9.17, 15) is 50.4 Å². The van der Waals surface area contributed by atoms with Crippen LogP contribution < -0.4 is 9.47 Å². The molecule has 0 aromatic heterocycles. The molecule has 6 unspecified atom stereocenters. The average molecular weight is 727 g/mol. The number of aliphatic hydroxyl groups excluding tert-OH is 6. The van der Waals surface area contributed by atoms with Gasteiger partial charge in [0, 0.05) is 12.1 Å². The van der Waals surface area contributed by atoms with E-state index >= 15 is 0 Å². The van der Waals surface area contributed by atoms with E-state index in [0.29, 0.717) is 24.7 Å². The van der Waals surface area contributed by atoms with Crippen molar-refractivity contribution < 1.29 is 83.6 Å². The Kier molecular flexibility index (Phi) is 14.6. The molecule has 51 heavy (non-hydrogen) atoms. The van der Waals surface area contributed by atoms with Crippen LogP contribution in [0.25, 0.3) is 0 Å². The molecule has 10 atom stereocenters. The number of carbonyl (C=O) groups is 2. The average Bonchev–Trinajstić information content (AvgIpc) is 3.11. The van der Waals surface area contributed by atoms with Gasteiger partial charge in [-0.25, -0.2) is 9.59 Å². The van der Waals surface area contributed by atoms with Crippen LogP contribution in [0.15, 0.2) is 36.4 Å². The fourth-order valence-corrected chi connectivity index (χ4v) is 5.15. The Morgan fingerprint density at radius 2 is 1.00 bits per heavy atom. The summed E-state index contributed by atoms with van der Waals surface area (Å²) in [5.41, 5.74) is -0.448. The molecule has 0 saturated carbocycles. The van der Waals surface area contributed by atoms with Crippen molar-refractivity contribution in [3.05, 3.63) is 47.5 Å². The number of aliphatic hydroxyl groups is 6. The van der Waals surface area contributed by atoms with E-state index in [4.69, 9.17) is 33.2 Å². The van der Waals surface area contributed by atoms with Gasteiger partial charge >= 0.3 is 11.9 Å². The van der Waals surface area contributed by atoms with Crippen molar-refractivity contribution >= 4 is 11.9 Å². The third-order valence-corrected chi connectivity index (χ3v) is 8.27. The fraction of sp³-hybridized carbons (Fsp3) is 0.588. The second-order valence-corrected chi connectivity index (χ2v) is 12.1. The van der Waals surface area contributed by atoms with Crippen molar-refractivity contribution in [3.8, 4) is 23.0 Å². The number of rotatable bonds is 16. The Bertz CT molecular complexity index is 1330. The van der Waals surface area contributed by atoms with E-state index < -0.39 is 98.1 Å². The van der Waals surface area contributed by atoms with Crippen LogP contribution in [0.5, 0.6) is 23.0 Å². The molecule has 2 saturated heterocycles. The number of unbranched alkanes of at least 4 members (excludes halogenated alkanes) is 2. The summed E-state index contributed by atoms with van der Waals surface area (Å²) in [5, 5.41) is 83.7. The van der Waals surface area contributed by atoms with E-state index in [1.807, 2.05) is 13.8 Å². The summed E-state index contributed by atoms with van der Waals surface area (Å²) in [7, 11) is 0. The molecule has 0 radical (unpaired) electrons. The Labute approximate surface area is 293 Å². The van der Waals surface area contributed by atoms with Gasteiger partial charge in [-0.1, -0.05) is 26.7 Å². The molecule has 2 aromatic rings. The number of esters is 2. The number of aromatic hydroxyl groups is 2. The number of hydrogen-bond acceptors (Lipinski definition) is 17. The van der Waals surface area contributed by atoms with E-state index in [2.05, 4.69) is 0 Å². The quantitative estimate of drug-likeness (QED) is 0.0843. The summed E-state index contributed by atoms with van der Waals surface area (Å²) in [6.45, 7) is 3.43. The zero-order chi connectivity index (χ0) is 37.2. The molecule has 8 N–H and O–H groups in total. The van der Waals surface area contributed by atoms with Crippen molar-refractivity contribution in [2.75, 3.05) is 26.4 Å². The predicted octanol–water partition coefficient (Wildman–Crippen LogP) is 0.101. The summed E-state index contributed by atoms with van der Waals surface area (Å²) in [6, 6.07) is 7.96. The van der Waals surface area contributed by atoms with E-state index in [1.54, 1.807) is 0 Å². The van der Waals surface area contributed by atoms with Gasteiger partial charge in [0.1, 0.15) is 96.2 Å². The Morgan fingerprint density at radius 1 is 0.608 bits per heavy atom. The highest BCUT2D eigenvalue weighted by molar-refractivity contribution is 5.93. The highest BCUT2D eigenvalue weighted by atomic mass is 16.8. The van der Waals surface area contributed by atoms with E-state index in [-0.39, 0.29) is 11.1 Å². The summed E-state index contributed by atoms with van der Waals surface area (Å²) in [6.07, 6.45) is -14.6. The minimum Gasteiger partial charge on any atom is -0.507 e. The molecule has 2 aromatic carbocycles. The van der Waals surface area contributed by atoms with Gasteiger partial charge < -0.3 is 74.0 Å². The fourth-order valence-electron chi connectivity index (χ4n) is 5.15. The first-order chi connectivity index (χ1) is 24.4. The summed E-state index contributed by atoms with van der Waals surface area (Å²) >= 11 is 0. The SMILES string of the molecule is CCCCOc1ccc(C(=O)OCC2O[C@H](O[C@H]3OC(COC(=O)c4ccc(OCCCC)cc4O)[C@@H](O)C(O)C3O)C(O)C(O)[C@@H]2O)c(O)c1. The van der Waals surface area contributed by atoms with Gasteiger partial charge in [0.25, 0.3) is 0 Å². The Balaban J connectivity index is 1.35. The van der Waals surface area contributed by atoms with Crippen molar-refractivity contribution in [2.24, 2.45) is 0 Å². The zero-order valence-corrected chi connectivity index (χ0v) is 28.1. The van der Waals surface area contributed by atoms with Crippen molar-refractivity contribution in [1.29, 1.82) is 0 Å². The normalized spacial score (nSPS) is 29.3. The maximum absolute atomic E-state index is 12.7. The third-order valence-electron chi connectivity index (χ3n) is 8.27. The molecule has 0 amide bonds. The van der Waals surface area contributed by atoms with Gasteiger partial charge in [0.05, 0.1) is 13.2 Å². The molecule has 0 spiro atoms. The molecule has 4 rings (SSSR count). The molecule has 17 nitrogen and oxygen atoms in total. The van der Waals surface area contributed by atoms with Crippen molar-refractivity contribution in [2.45, 2.75) is 101 Å². The Hall–Kier alpha value is -3.78. The zero-order valence-electron chi connectivity index (χ0n) is 28.1. The Morgan fingerprint density at radius 3 is 1.35 bits per heavy atom. The maximum Gasteiger partial charge on any atom is 0.342 e. The molecule has 2 fully saturated rings. The van der Waals surface area contributed by atoms with Gasteiger partial charge in [-0.05, 0) is 37.1 Å². The standard InChI is InChI=1S/C34H46O17/c1-3-5-11-45-17-7-9-19(21(35)13-17)31(43)47-15-23-25(37)27(39)29(41)33(49-23)51-34-30(42)28(40)26(38)24(50-34)16-48-32(44)20-10-8-18(14-22(20)36)46-12-6-4-2/h7-10,13-14,23-30,33-42H,3-6,11-12,15-16H2,1-2H3/t23?,24?,25-,26-,27?,28?,29?,30?,33-,34-/m1/s1. The maximum atomic E-state index is 12.7. The molecular weight excluding hydrogens is 680 g/mol. The monoisotopic (exact) mass is 726 g/mol. The smallest absolute Gasteiger partial charge is 0.342 e. The van der Waals surface area contributed by atoms with Gasteiger partial charge in [-0.15, -0.1) is 0 Å². The summed E-state index contributed by atoms with van der Waals surface area (Å²) < 4.78 is 37.9. The minimum atomic E-state index is -1.94. The number of ether oxygens (including phenoxy) is 7. The summed E-state index contributed by atoms with van der Waals surface area (Å²) in [4.78, 5) is 25.4. The molecule has 2 aliphatic heterocycles. The van der Waals surface area contributed by atoms with Gasteiger partial charge in [0.15, 0.2) is 12.6 Å². The first-order valence-electron chi connectivity index (χ1n) is 16.7. The molecule has 0 aliphatic carbocycles. The van der Waals surface area contributed by atoms with Crippen LogP contribution in [0.3, 0.4) is 0 Å². The number of hydrogen-bond donors (Lipinski definition) is 8. The second kappa shape index (κ2) is 18.6. The highest BCUT2D eigenvalue weighted by Gasteiger charge is 2.50. The molecule has 2 aliphatic rings. The molecule has 284 valence electrons. The van der Waals surface area contributed by atoms with Crippen LogP contribution in [-0.2, 0) is 23.7 Å². The first kappa shape index (κ1) is 40.0. The van der Waals surface area contributed by atoms with E-state index in [1.165, 1.54) is 36.4 Å². The lowest BCUT2D eigenvalue weighted by atomic mass is 9.98. The van der Waals surface area contributed by atoms with Crippen LogP contribution in [0.4, 0.5) is 0 Å². The van der Waals surface area contributed by atoms with Gasteiger partial charge in [-0.3, -0.25) is 0 Å². The number of phenols is 2. The molecule has 0 bridgehead atoms. The summed E-state index contributed by atoms with van der Waals surface area (Å²) in [5.74, 6) is -2.20. The molecule has 17 heteroatoms. The molecular formula is C34H46O17. The number of carbonyl (C=O) groups excluding carboxylic acids is 2. The van der Waals surface area contributed by atoms with Crippen LogP contribution in [-0.4, -0.2) is 141 Å². The minimum absolute atomic E-state index is 0.224. The largest absolute Gasteiger partial charge is 0.507 e.